The molecule has 3 rings (SSSR count). The summed E-state index contributed by atoms with van der Waals surface area (Å²) in [7, 11) is 0. The van der Waals surface area contributed by atoms with Crippen LogP contribution in [0.25, 0.3) is 0 Å². The smallest absolute Gasteiger partial charge is 0.226 e. The molecular weight excluding hydrogens is 354 g/mol. The van der Waals surface area contributed by atoms with Crippen LogP contribution in [0.1, 0.15) is 12.0 Å². The van der Waals surface area contributed by atoms with Gasteiger partial charge in [0.1, 0.15) is 0 Å². The first-order valence-electron chi connectivity index (χ1n) is 8.76. The summed E-state index contributed by atoms with van der Waals surface area (Å²) < 4.78 is 0. The molecule has 0 aromatic heterocycles. The van der Waals surface area contributed by atoms with Crippen molar-refractivity contribution in [2.45, 2.75) is 12.8 Å². The summed E-state index contributed by atoms with van der Waals surface area (Å²) in [6, 6.07) is 27.6. The Morgan fingerprint density at radius 2 is 1.30 bits per heavy atom. The molecule has 0 fully saturated rings. The Kier molecular flexibility index (Phi) is 6.55. The average molecular weight is 375 g/mol. The molecule has 0 radical (unpaired) electrons. The maximum absolute atomic E-state index is 12.0. The minimum absolute atomic E-state index is 0.0984. The molecule has 136 valence electrons. The topological polar surface area (TPSA) is 53.2 Å². The molecular formula is C22H21N3OS. The summed E-state index contributed by atoms with van der Waals surface area (Å²) in [6.45, 7) is 0. The van der Waals surface area contributed by atoms with Crippen molar-refractivity contribution in [3.63, 3.8) is 0 Å². The number of aryl methyl sites for hydroxylation is 1. The molecule has 0 aliphatic carbocycles. The first kappa shape index (κ1) is 18.6. The number of amides is 1. The highest BCUT2D eigenvalue weighted by molar-refractivity contribution is 7.80. The molecule has 0 saturated heterocycles. The number of anilines is 3. The fraction of sp³-hybridized carbons (Fsp3) is 0.0909. The highest BCUT2D eigenvalue weighted by Crippen LogP contribution is 2.18. The number of hydrogen-bond donors (Lipinski definition) is 3. The second-order valence-corrected chi connectivity index (χ2v) is 6.46. The predicted molar refractivity (Wildman–Crippen MR) is 115 cm³/mol. The lowest BCUT2D eigenvalue weighted by Gasteiger charge is -2.11. The van der Waals surface area contributed by atoms with Crippen molar-refractivity contribution in [3.8, 4) is 0 Å². The molecule has 3 aromatic rings. The zero-order valence-electron chi connectivity index (χ0n) is 14.8. The van der Waals surface area contributed by atoms with Crippen LogP contribution in [0.5, 0.6) is 0 Å². The van der Waals surface area contributed by atoms with Gasteiger partial charge < -0.3 is 16.0 Å². The standard InChI is InChI=1S/C22H21N3OS/c26-21(16-11-17-7-3-1-4-8-17)25-22(27)24-20-14-12-19(13-15-20)23-18-9-5-2-6-10-18/h1-10,12-15,23H,11,16H2,(H2,24,25,26,27). The van der Waals surface area contributed by atoms with Gasteiger partial charge in [-0.2, -0.15) is 0 Å². The molecule has 0 heterocycles. The normalized spacial score (nSPS) is 10.1. The molecule has 5 heteroatoms. The van der Waals surface area contributed by atoms with Crippen LogP contribution in [-0.4, -0.2) is 11.0 Å². The predicted octanol–water partition coefficient (Wildman–Crippen LogP) is 4.88. The van der Waals surface area contributed by atoms with Gasteiger partial charge in [0.15, 0.2) is 5.11 Å². The number of benzene rings is 3. The van der Waals surface area contributed by atoms with E-state index in [9.17, 15) is 4.79 Å². The van der Waals surface area contributed by atoms with Crippen molar-refractivity contribution in [1.82, 2.24) is 5.32 Å². The minimum Gasteiger partial charge on any atom is -0.356 e. The van der Waals surface area contributed by atoms with Crippen molar-refractivity contribution >= 4 is 40.3 Å². The first-order valence-corrected chi connectivity index (χ1v) is 9.17. The summed E-state index contributed by atoms with van der Waals surface area (Å²) in [5, 5.41) is 9.37. The van der Waals surface area contributed by atoms with Crippen LogP contribution in [-0.2, 0) is 11.2 Å². The van der Waals surface area contributed by atoms with E-state index in [0.29, 0.717) is 18.0 Å². The van der Waals surface area contributed by atoms with Crippen molar-refractivity contribution < 1.29 is 4.79 Å². The quantitative estimate of drug-likeness (QED) is 0.538. The van der Waals surface area contributed by atoms with Gasteiger partial charge in [0.25, 0.3) is 0 Å². The second-order valence-electron chi connectivity index (χ2n) is 6.06. The van der Waals surface area contributed by atoms with Crippen molar-refractivity contribution in [2.24, 2.45) is 0 Å². The van der Waals surface area contributed by atoms with Gasteiger partial charge in [-0.3, -0.25) is 4.79 Å². The van der Waals surface area contributed by atoms with E-state index in [-0.39, 0.29) is 5.91 Å². The number of carbonyl (C=O) groups is 1. The maximum atomic E-state index is 12.0. The molecule has 0 spiro atoms. The van der Waals surface area contributed by atoms with E-state index in [4.69, 9.17) is 12.2 Å². The number of hydrogen-bond acceptors (Lipinski definition) is 3. The Balaban J connectivity index is 1.45. The largest absolute Gasteiger partial charge is 0.356 e. The summed E-state index contributed by atoms with van der Waals surface area (Å²) in [5.74, 6) is -0.0984. The third-order valence-electron chi connectivity index (χ3n) is 3.94. The monoisotopic (exact) mass is 375 g/mol. The number of rotatable bonds is 6. The Morgan fingerprint density at radius 3 is 1.96 bits per heavy atom. The van der Waals surface area contributed by atoms with Gasteiger partial charge in [-0.1, -0.05) is 48.5 Å². The third-order valence-corrected chi connectivity index (χ3v) is 4.15. The summed E-state index contributed by atoms with van der Waals surface area (Å²) in [4.78, 5) is 12.0. The molecule has 0 aliphatic rings. The highest BCUT2D eigenvalue weighted by atomic mass is 32.1. The van der Waals surface area contributed by atoms with E-state index in [2.05, 4.69) is 16.0 Å². The molecule has 0 aliphatic heterocycles. The van der Waals surface area contributed by atoms with Gasteiger partial charge in [0.2, 0.25) is 5.91 Å². The molecule has 3 N–H and O–H groups in total. The third kappa shape index (κ3) is 6.24. The fourth-order valence-electron chi connectivity index (χ4n) is 2.58. The van der Waals surface area contributed by atoms with Crippen molar-refractivity contribution in [3.05, 3.63) is 90.5 Å². The first-order chi connectivity index (χ1) is 13.2. The van der Waals surface area contributed by atoms with Gasteiger partial charge in [-0.25, -0.2) is 0 Å². The Bertz CT molecular complexity index is 880. The zero-order valence-corrected chi connectivity index (χ0v) is 15.6. The number of para-hydroxylation sites is 1. The fourth-order valence-corrected chi connectivity index (χ4v) is 2.81. The SMILES string of the molecule is O=C(CCc1ccccc1)NC(=S)Nc1ccc(Nc2ccccc2)cc1. The van der Waals surface area contributed by atoms with E-state index < -0.39 is 0 Å². The van der Waals surface area contributed by atoms with E-state index in [1.807, 2.05) is 84.9 Å². The highest BCUT2D eigenvalue weighted by Gasteiger charge is 2.05. The van der Waals surface area contributed by atoms with Crippen LogP contribution in [0.2, 0.25) is 0 Å². The van der Waals surface area contributed by atoms with Crippen molar-refractivity contribution in [2.75, 3.05) is 10.6 Å². The van der Waals surface area contributed by atoms with Crippen LogP contribution in [0.15, 0.2) is 84.9 Å². The second kappa shape index (κ2) is 9.50. The van der Waals surface area contributed by atoms with Crippen LogP contribution < -0.4 is 16.0 Å². The molecule has 3 aromatic carbocycles. The maximum Gasteiger partial charge on any atom is 0.226 e. The molecule has 1 amide bonds. The molecule has 0 unspecified atom stereocenters. The van der Waals surface area contributed by atoms with Crippen molar-refractivity contribution in [1.29, 1.82) is 0 Å². The lowest BCUT2D eigenvalue weighted by Crippen LogP contribution is -2.34. The zero-order chi connectivity index (χ0) is 18.9. The Hall–Kier alpha value is -3.18. The summed E-state index contributed by atoms with van der Waals surface area (Å²) in [5.41, 5.74) is 3.96. The van der Waals surface area contributed by atoms with Gasteiger partial charge >= 0.3 is 0 Å². The van der Waals surface area contributed by atoms with Gasteiger partial charge in [0, 0.05) is 23.5 Å². The molecule has 0 atom stereocenters. The summed E-state index contributed by atoms with van der Waals surface area (Å²) >= 11 is 5.22. The van der Waals surface area contributed by atoms with Gasteiger partial charge in [-0.05, 0) is 60.6 Å². The van der Waals surface area contributed by atoms with E-state index >= 15 is 0 Å². The number of carbonyl (C=O) groups excluding carboxylic acids is 1. The molecule has 0 saturated carbocycles. The van der Waals surface area contributed by atoms with Gasteiger partial charge in [0.05, 0.1) is 0 Å². The van der Waals surface area contributed by atoms with Crippen LogP contribution in [0.3, 0.4) is 0 Å². The number of nitrogens with one attached hydrogen (secondary N) is 3. The summed E-state index contributed by atoms with van der Waals surface area (Å²) in [6.07, 6.45) is 1.08. The van der Waals surface area contributed by atoms with E-state index in [0.717, 1.165) is 22.6 Å². The molecule has 4 nitrogen and oxygen atoms in total. The van der Waals surface area contributed by atoms with Gasteiger partial charge in [-0.15, -0.1) is 0 Å². The van der Waals surface area contributed by atoms with Crippen LogP contribution in [0.4, 0.5) is 17.1 Å². The minimum atomic E-state index is -0.0984. The van der Waals surface area contributed by atoms with E-state index in [1.54, 1.807) is 0 Å². The lowest BCUT2D eigenvalue weighted by molar-refractivity contribution is -0.119. The Labute approximate surface area is 164 Å². The average Bonchev–Trinajstić information content (AvgIpc) is 2.69. The van der Waals surface area contributed by atoms with Crippen LogP contribution >= 0.6 is 12.2 Å². The Morgan fingerprint density at radius 1 is 0.741 bits per heavy atom. The van der Waals surface area contributed by atoms with E-state index in [1.165, 1.54) is 0 Å². The lowest BCUT2D eigenvalue weighted by atomic mass is 10.1. The number of thiocarbonyl (C=S) groups is 1. The molecule has 27 heavy (non-hydrogen) atoms. The van der Waals surface area contributed by atoms with Crippen LogP contribution in [0, 0.1) is 0 Å². The molecule has 0 bridgehead atoms.